The summed E-state index contributed by atoms with van der Waals surface area (Å²) in [7, 11) is 0. The molecule has 0 aliphatic rings. The highest BCUT2D eigenvalue weighted by Gasteiger charge is 1.98. The molecule has 0 saturated carbocycles. The SMILES string of the molecule is CC(C)=CCCC(C)C/C=N\NC(N)=O. The number of amides is 2. The monoisotopic (exact) mass is 211 g/mol. The van der Waals surface area contributed by atoms with E-state index >= 15 is 0 Å². The summed E-state index contributed by atoms with van der Waals surface area (Å²) in [5.41, 5.74) is 8.38. The summed E-state index contributed by atoms with van der Waals surface area (Å²) in [6.45, 7) is 6.36. The third-order valence-electron chi connectivity index (χ3n) is 1.99. The van der Waals surface area contributed by atoms with Crippen LogP contribution in [0.1, 0.15) is 40.0 Å². The molecule has 3 N–H and O–H groups in total. The number of carbonyl (C=O) groups excluding carboxylic acids is 1. The lowest BCUT2D eigenvalue weighted by Gasteiger charge is -2.05. The van der Waals surface area contributed by atoms with E-state index in [1.165, 1.54) is 5.57 Å². The van der Waals surface area contributed by atoms with Crippen LogP contribution in [0, 0.1) is 5.92 Å². The van der Waals surface area contributed by atoms with Crippen LogP contribution in [0.25, 0.3) is 0 Å². The highest BCUT2D eigenvalue weighted by atomic mass is 16.2. The van der Waals surface area contributed by atoms with Gasteiger partial charge in [0.15, 0.2) is 0 Å². The van der Waals surface area contributed by atoms with E-state index in [1.807, 2.05) is 0 Å². The third kappa shape index (κ3) is 10.6. The molecule has 0 aromatic carbocycles. The molecule has 1 atom stereocenters. The van der Waals surface area contributed by atoms with Crippen LogP contribution in [0.4, 0.5) is 4.79 Å². The Morgan fingerprint density at radius 1 is 1.53 bits per heavy atom. The van der Waals surface area contributed by atoms with Gasteiger partial charge in [0, 0.05) is 6.21 Å². The number of nitrogens with zero attached hydrogens (tertiary/aromatic N) is 1. The molecule has 2 amide bonds. The van der Waals surface area contributed by atoms with Crippen LogP contribution in [0.2, 0.25) is 0 Å². The minimum absolute atomic E-state index is 0.569. The minimum Gasteiger partial charge on any atom is -0.350 e. The van der Waals surface area contributed by atoms with Crippen molar-refractivity contribution in [1.82, 2.24) is 5.43 Å². The second-order valence-corrected chi connectivity index (χ2v) is 3.99. The van der Waals surface area contributed by atoms with E-state index in [2.05, 4.69) is 37.4 Å². The van der Waals surface area contributed by atoms with Gasteiger partial charge >= 0.3 is 6.03 Å². The van der Waals surface area contributed by atoms with Crippen LogP contribution in [0.3, 0.4) is 0 Å². The molecule has 15 heavy (non-hydrogen) atoms. The lowest BCUT2D eigenvalue weighted by molar-refractivity contribution is 0.249. The zero-order valence-electron chi connectivity index (χ0n) is 9.79. The van der Waals surface area contributed by atoms with Gasteiger partial charge in [0.05, 0.1) is 0 Å². The molecule has 0 aromatic rings. The Balaban J connectivity index is 3.57. The quantitative estimate of drug-likeness (QED) is 0.395. The van der Waals surface area contributed by atoms with E-state index in [9.17, 15) is 4.79 Å². The van der Waals surface area contributed by atoms with Crippen molar-refractivity contribution >= 4 is 12.2 Å². The molecule has 0 rings (SSSR count). The van der Waals surface area contributed by atoms with Crippen LogP contribution in [0.15, 0.2) is 16.8 Å². The number of carbonyl (C=O) groups is 1. The topological polar surface area (TPSA) is 67.5 Å². The number of allylic oxidation sites excluding steroid dienone is 2. The number of urea groups is 1. The summed E-state index contributed by atoms with van der Waals surface area (Å²) in [5, 5.41) is 3.69. The van der Waals surface area contributed by atoms with E-state index in [-0.39, 0.29) is 0 Å². The number of hydrazone groups is 1. The van der Waals surface area contributed by atoms with Gasteiger partial charge in [-0.25, -0.2) is 10.2 Å². The first kappa shape index (κ1) is 13.7. The van der Waals surface area contributed by atoms with Crippen LogP contribution in [-0.2, 0) is 0 Å². The number of primary amides is 1. The molecular formula is C11H21N3O. The molecule has 0 fully saturated rings. The molecule has 0 bridgehead atoms. The molecule has 0 spiro atoms. The first-order valence-corrected chi connectivity index (χ1v) is 5.22. The van der Waals surface area contributed by atoms with E-state index in [0.29, 0.717) is 5.92 Å². The van der Waals surface area contributed by atoms with E-state index < -0.39 is 6.03 Å². The van der Waals surface area contributed by atoms with Crippen LogP contribution < -0.4 is 11.2 Å². The van der Waals surface area contributed by atoms with Crippen molar-refractivity contribution in [3.8, 4) is 0 Å². The number of hydrogen-bond donors (Lipinski definition) is 2. The lowest BCUT2D eigenvalue weighted by atomic mass is 10.0. The maximum atomic E-state index is 10.3. The maximum Gasteiger partial charge on any atom is 0.332 e. The average molecular weight is 211 g/mol. The summed E-state index contributed by atoms with van der Waals surface area (Å²) < 4.78 is 0. The fraction of sp³-hybridized carbons (Fsp3) is 0.636. The second-order valence-electron chi connectivity index (χ2n) is 3.99. The molecule has 0 radical (unpaired) electrons. The summed E-state index contributed by atoms with van der Waals surface area (Å²) in [6, 6.07) is -0.622. The van der Waals surface area contributed by atoms with Gasteiger partial charge in [-0.05, 0) is 39.0 Å². The predicted octanol–water partition coefficient (Wildman–Crippen LogP) is 2.41. The molecule has 4 heteroatoms. The molecule has 0 aliphatic carbocycles. The standard InChI is InChI=1S/C11H21N3O/c1-9(2)5-4-6-10(3)7-8-13-14-11(12)15/h5,8,10H,4,6-7H2,1-3H3,(H3,12,14,15)/b13-8-. The van der Waals surface area contributed by atoms with Crippen molar-refractivity contribution < 1.29 is 4.79 Å². The second kappa shape index (κ2) is 8.03. The van der Waals surface area contributed by atoms with Crippen LogP contribution >= 0.6 is 0 Å². The number of nitrogens with one attached hydrogen (secondary N) is 1. The van der Waals surface area contributed by atoms with Gasteiger partial charge in [-0.1, -0.05) is 18.6 Å². The van der Waals surface area contributed by atoms with Gasteiger partial charge in [-0.2, -0.15) is 5.10 Å². The van der Waals surface area contributed by atoms with Crippen molar-refractivity contribution in [3.05, 3.63) is 11.6 Å². The summed E-state index contributed by atoms with van der Waals surface area (Å²) in [4.78, 5) is 10.3. The van der Waals surface area contributed by atoms with Gasteiger partial charge in [0.25, 0.3) is 0 Å². The number of hydrogen-bond acceptors (Lipinski definition) is 2. The zero-order chi connectivity index (χ0) is 11.7. The first-order chi connectivity index (χ1) is 7.02. The molecule has 4 nitrogen and oxygen atoms in total. The summed E-state index contributed by atoms with van der Waals surface area (Å²) in [6.07, 6.45) is 7.01. The Bertz CT molecular complexity index is 242. The van der Waals surface area contributed by atoms with E-state index in [0.717, 1.165) is 19.3 Å². The first-order valence-electron chi connectivity index (χ1n) is 5.22. The smallest absolute Gasteiger partial charge is 0.332 e. The van der Waals surface area contributed by atoms with Crippen LogP contribution in [-0.4, -0.2) is 12.2 Å². The molecule has 0 heterocycles. The van der Waals surface area contributed by atoms with Gasteiger partial charge in [0.1, 0.15) is 0 Å². The highest BCUT2D eigenvalue weighted by Crippen LogP contribution is 2.10. The zero-order valence-corrected chi connectivity index (χ0v) is 9.79. The minimum atomic E-state index is -0.622. The van der Waals surface area contributed by atoms with E-state index in [1.54, 1.807) is 6.21 Å². The third-order valence-corrected chi connectivity index (χ3v) is 1.99. The molecule has 86 valence electrons. The normalized spacial score (nSPS) is 12.5. The molecular weight excluding hydrogens is 190 g/mol. The summed E-state index contributed by atoms with van der Waals surface area (Å²) >= 11 is 0. The Kier molecular flexibility index (Phi) is 7.32. The van der Waals surface area contributed by atoms with E-state index in [4.69, 9.17) is 5.73 Å². The van der Waals surface area contributed by atoms with Gasteiger partial charge in [0.2, 0.25) is 0 Å². The largest absolute Gasteiger partial charge is 0.350 e. The fourth-order valence-electron chi connectivity index (χ4n) is 1.12. The molecule has 0 saturated heterocycles. The summed E-state index contributed by atoms with van der Waals surface area (Å²) in [5.74, 6) is 0.569. The van der Waals surface area contributed by atoms with Crippen molar-refractivity contribution in [2.75, 3.05) is 0 Å². The Morgan fingerprint density at radius 3 is 2.73 bits per heavy atom. The van der Waals surface area contributed by atoms with Crippen LogP contribution in [0.5, 0.6) is 0 Å². The molecule has 1 unspecified atom stereocenters. The number of rotatable bonds is 6. The van der Waals surface area contributed by atoms with Gasteiger partial charge < -0.3 is 5.73 Å². The molecule has 0 aromatic heterocycles. The Hall–Kier alpha value is -1.32. The number of nitrogens with two attached hydrogens (primary N) is 1. The van der Waals surface area contributed by atoms with Gasteiger partial charge in [-0.15, -0.1) is 0 Å². The Morgan fingerprint density at radius 2 is 2.20 bits per heavy atom. The lowest BCUT2D eigenvalue weighted by Crippen LogP contribution is -2.24. The van der Waals surface area contributed by atoms with Crippen molar-refractivity contribution in [2.45, 2.75) is 40.0 Å². The predicted molar refractivity (Wildman–Crippen MR) is 63.7 cm³/mol. The van der Waals surface area contributed by atoms with Crippen molar-refractivity contribution in [3.63, 3.8) is 0 Å². The highest BCUT2D eigenvalue weighted by molar-refractivity contribution is 5.72. The van der Waals surface area contributed by atoms with Gasteiger partial charge in [-0.3, -0.25) is 0 Å². The van der Waals surface area contributed by atoms with Crippen molar-refractivity contribution in [1.29, 1.82) is 0 Å². The Labute approximate surface area is 91.6 Å². The van der Waals surface area contributed by atoms with Crippen molar-refractivity contribution in [2.24, 2.45) is 16.8 Å². The fourth-order valence-corrected chi connectivity index (χ4v) is 1.12. The average Bonchev–Trinajstić information content (AvgIpc) is 2.11. The maximum absolute atomic E-state index is 10.3. The molecule has 0 aliphatic heterocycles.